The topological polar surface area (TPSA) is 54.0 Å². The van der Waals surface area contributed by atoms with Gasteiger partial charge in [-0.05, 0) is 90.9 Å². The van der Waals surface area contributed by atoms with Crippen LogP contribution in [0.25, 0.3) is 5.57 Å². The first-order chi connectivity index (χ1) is 20.2. The number of methoxy groups -OCH3 is 2. The highest BCUT2D eigenvalue weighted by atomic mass is 19.4. The van der Waals surface area contributed by atoms with Gasteiger partial charge in [-0.15, -0.1) is 0 Å². The van der Waals surface area contributed by atoms with Crippen LogP contribution in [0.1, 0.15) is 42.4 Å². The second-order valence-corrected chi connectivity index (χ2v) is 10.7. The summed E-state index contributed by atoms with van der Waals surface area (Å²) in [6, 6.07) is 19.0. The number of anilines is 2. The summed E-state index contributed by atoms with van der Waals surface area (Å²) < 4.78 is 49.8. The van der Waals surface area contributed by atoms with Crippen molar-refractivity contribution < 1.29 is 27.4 Å². The average molecular weight is 580 g/mol. The van der Waals surface area contributed by atoms with Crippen molar-refractivity contribution in [3.8, 4) is 11.5 Å². The number of nitrogens with zero attached hydrogens (tertiary/aromatic N) is 2. The lowest BCUT2D eigenvalue weighted by atomic mass is 9.86. The molecular formula is C33H36F3N3O3. The van der Waals surface area contributed by atoms with Crippen LogP contribution >= 0.6 is 0 Å². The van der Waals surface area contributed by atoms with Gasteiger partial charge in [-0.2, -0.15) is 13.2 Å². The fourth-order valence-corrected chi connectivity index (χ4v) is 5.70. The van der Waals surface area contributed by atoms with Crippen molar-refractivity contribution in [1.29, 1.82) is 0 Å². The van der Waals surface area contributed by atoms with Crippen LogP contribution in [0.3, 0.4) is 0 Å². The molecular weight excluding hydrogens is 543 g/mol. The number of rotatable bonds is 8. The minimum absolute atomic E-state index is 0.193. The maximum atomic E-state index is 13.2. The zero-order chi connectivity index (χ0) is 29.7. The van der Waals surface area contributed by atoms with Crippen LogP contribution in [0.4, 0.5) is 24.5 Å². The molecule has 1 heterocycles. The number of halogens is 3. The number of piperazine rings is 1. The van der Waals surface area contributed by atoms with E-state index >= 15 is 0 Å². The summed E-state index contributed by atoms with van der Waals surface area (Å²) in [7, 11) is 3.28. The minimum atomic E-state index is -4.38. The van der Waals surface area contributed by atoms with Crippen LogP contribution in [0, 0.1) is 0 Å². The Morgan fingerprint density at radius 1 is 0.833 bits per heavy atom. The number of benzene rings is 3. The molecule has 0 bridgehead atoms. The van der Waals surface area contributed by atoms with Crippen molar-refractivity contribution >= 4 is 22.9 Å². The third kappa shape index (κ3) is 6.90. The standard InChI is InChI=1S/C33H36F3N3O3/c1-41-30-16-7-23(21-31(30)42-2)22-38-17-19-39(20-18-38)27-14-12-26(13-15-27)37-32(40)29-6-4-3-5-28(29)24-8-10-25(11-9-24)33(34,35)36/h7-16,21H,3-6,17-20,22H2,1-2H3,(H,37,40). The number of hydrogen-bond acceptors (Lipinski definition) is 5. The smallest absolute Gasteiger partial charge is 0.416 e. The number of nitrogens with one attached hydrogen (secondary N) is 1. The molecule has 5 rings (SSSR count). The van der Waals surface area contributed by atoms with Crippen LogP contribution < -0.4 is 19.7 Å². The minimum Gasteiger partial charge on any atom is -0.493 e. The number of hydrogen-bond donors (Lipinski definition) is 1. The molecule has 0 atom stereocenters. The Bertz CT molecular complexity index is 1410. The van der Waals surface area contributed by atoms with E-state index in [9.17, 15) is 18.0 Å². The van der Waals surface area contributed by atoms with Crippen LogP contribution in [0.5, 0.6) is 11.5 Å². The molecule has 2 aliphatic rings. The molecule has 3 aromatic rings. The van der Waals surface area contributed by atoms with E-state index in [4.69, 9.17) is 9.47 Å². The second kappa shape index (κ2) is 12.9. The van der Waals surface area contributed by atoms with Gasteiger partial charge in [0.05, 0.1) is 19.8 Å². The molecule has 1 fully saturated rings. The van der Waals surface area contributed by atoms with Gasteiger partial charge in [0.1, 0.15) is 0 Å². The van der Waals surface area contributed by atoms with Crippen molar-refractivity contribution in [1.82, 2.24) is 4.90 Å². The van der Waals surface area contributed by atoms with Crippen molar-refractivity contribution in [2.24, 2.45) is 0 Å². The van der Waals surface area contributed by atoms with Crippen LogP contribution in [0.2, 0.25) is 0 Å². The van der Waals surface area contributed by atoms with E-state index in [2.05, 4.69) is 21.2 Å². The van der Waals surface area contributed by atoms with Crippen molar-refractivity contribution in [3.05, 3.63) is 89.0 Å². The third-order valence-corrected chi connectivity index (χ3v) is 8.02. The van der Waals surface area contributed by atoms with E-state index in [0.717, 1.165) is 80.5 Å². The lowest BCUT2D eigenvalue weighted by Crippen LogP contribution is -2.45. The number of allylic oxidation sites excluding steroid dienone is 1. The molecule has 1 aliphatic heterocycles. The van der Waals surface area contributed by atoms with Crippen LogP contribution in [-0.4, -0.2) is 51.2 Å². The molecule has 3 aromatic carbocycles. The highest BCUT2D eigenvalue weighted by Crippen LogP contribution is 2.36. The molecule has 0 spiro atoms. The predicted molar refractivity (Wildman–Crippen MR) is 159 cm³/mol. The summed E-state index contributed by atoms with van der Waals surface area (Å²) in [5.41, 5.74) is 4.44. The number of carbonyl (C=O) groups excluding carboxylic acids is 1. The number of ether oxygens (including phenoxy) is 2. The van der Waals surface area contributed by atoms with Gasteiger partial charge in [0.15, 0.2) is 11.5 Å². The summed E-state index contributed by atoms with van der Waals surface area (Å²) >= 11 is 0. The number of carbonyl (C=O) groups is 1. The Balaban J connectivity index is 1.18. The molecule has 0 saturated carbocycles. The Kier molecular flexibility index (Phi) is 9.06. The summed E-state index contributed by atoms with van der Waals surface area (Å²) in [5, 5.41) is 3.01. The Morgan fingerprint density at radius 2 is 1.50 bits per heavy atom. The van der Waals surface area contributed by atoms with Gasteiger partial charge < -0.3 is 19.7 Å². The van der Waals surface area contributed by atoms with Crippen LogP contribution in [-0.2, 0) is 17.5 Å². The Hall–Kier alpha value is -3.98. The molecule has 1 aliphatic carbocycles. The fraction of sp³-hybridized carbons (Fsp3) is 0.364. The molecule has 1 amide bonds. The molecule has 0 radical (unpaired) electrons. The van der Waals surface area contributed by atoms with Gasteiger partial charge in [-0.25, -0.2) is 0 Å². The normalized spacial score (nSPS) is 16.4. The first-order valence-corrected chi connectivity index (χ1v) is 14.2. The maximum absolute atomic E-state index is 13.2. The zero-order valence-electron chi connectivity index (χ0n) is 24.0. The van der Waals surface area contributed by atoms with E-state index < -0.39 is 11.7 Å². The number of alkyl halides is 3. The van der Waals surface area contributed by atoms with E-state index in [0.29, 0.717) is 29.7 Å². The van der Waals surface area contributed by atoms with E-state index in [1.54, 1.807) is 14.2 Å². The van der Waals surface area contributed by atoms with E-state index in [-0.39, 0.29) is 5.91 Å². The fourth-order valence-electron chi connectivity index (χ4n) is 5.70. The SMILES string of the molecule is COc1ccc(CN2CCN(c3ccc(NC(=O)C4=C(c5ccc(C(F)(F)F)cc5)CCCC4)cc3)CC2)cc1OC. The lowest BCUT2D eigenvalue weighted by Gasteiger charge is -2.36. The number of amides is 1. The molecule has 222 valence electrons. The first kappa shape index (κ1) is 29.5. The largest absolute Gasteiger partial charge is 0.493 e. The summed E-state index contributed by atoms with van der Waals surface area (Å²) in [6.07, 6.45) is -1.32. The quantitative estimate of drug-likeness (QED) is 0.311. The van der Waals surface area contributed by atoms with Gasteiger partial charge in [0, 0.05) is 49.7 Å². The molecule has 1 saturated heterocycles. The second-order valence-electron chi connectivity index (χ2n) is 10.7. The highest BCUT2D eigenvalue weighted by Gasteiger charge is 2.30. The molecule has 1 N–H and O–H groups in total. The molecule has 0 aromatic heterocycles. The maximum Gasteiger partial charge on any atom is 0.416 e. The molecule has 42 heavy (non-hydrogen) atoms. The summed E-state index contributed by atoms with van der Waals surface area (Å²) in [4.78, 5) is 18.0. The van der Waals surface area contributed by atoms with Gasteiger partial charge in [0.2, 0.25) is 0 Å². The van der Waals surface area contributed by atoms with E-state index in [1.807, 2.05) is 36.4 Å². The molecule has 9 heteroatoms. The Labute approximate surface area is 244 Å². The monoisotopic (exact) mass is 579 g/mol. The summed E-state index contributed by atoms with van der Waals surface area (Å²) in [6.45, 7) is 4.47. The Morgan fingerprint density at radius 3 is 2.14 bits per heavy atom. The van der Waals surface area contributed by atoms with Crippen LogP contribution in [0.15, 0.2) is 72.3 Å². The van der Waals surface area contributed by atoms with Gasteiger partial charge in [-0.1, -0.05) is 18.2 Å². The third-order valence-electron chi connectivity index (χ3n) is 8.02. The van der Waals surface area contributed by atoms with Crippen molar-refractivity contribution in [2.45, 2.75) is 38.4 Å². The zero-order valence-corrected chi connectivity index (χ0v) is 24.0. The van der Waals surface area contributed by atoms with Crippen molar-refractivity contribution in [2.75, 3.05) is 50.6 Å². The molecule has 6 nitrogen and oxygen atoms in total. The predicted octanol–water partition coefficient (Wildman–Crippen LogP) is 7.01. The van der Waals surface area contributed by atoms with Gasteiger partial charge >= 0.3 is 6.18 Å². The van der Waals surface area contributed by atoms with Gasteiger partial charge in [0.25, 0.3) is 5.91 Å². The lowest BCUT2D eigenvalue weighted by molar-refractivity contribution is -0.137. The van der Waals surface area contributed by atoms with Crippen molar-refractivity contribution in [3.63, 3.8) is 0 Å². The van der Waals surface area contributed by atoms with E-state index in [1.165, 1.54) is 17.7 Å². The molecule has 0 unspecified atom stereocenters. The first-order valence-electron chi connectivity index (χ1n) is 14.2. The van der Waals surface area contributed by atoms with Gasteiger partial charge in [-0.3, -0.25) is 9.69 Å². The summed E-state index contributed by atoms with van der Waals surface area (Å²) in [5.74, 6) is 1.26. The highest BCUT2D eigenvalue weighted by molar-refractivity contribution is 6.09. The average Bonchev–Trinajstić information content (AvgIpc) is 3.01.